The van der Waals surface area contributed by atoms with E-state index >= 15 is 0 Å². The first-order chi connectivity index (χ1) is 6.86. The molecule has 0 bridgehead atoms. The topological polar surface area (TPSA) is 0 Å². The molecule has 1 radical (unpaired) electrons. The maximum Gasteiger partial charge on any atom is 0.0151 e. The fraction of sp³-hybridized carbons (Fsp3) is 0.0769. The molecule has 0 heterocycles. The van der Waals surface area contributed by atoms with Gasteiger partial charge in [-0.2, -0.15) is 0 Å². The average Bonchev–Trinajstić information content (AvgIpc) is 2.23. The highest BCUT2D eigenvalue weighted by Gasteiger charge is 1.98. The van der Waals surface area contributed by atoms with Gasteiger partial charge in [-0.3, -0.25) is 0 Å². The first-order valence-electron chi connectivity index (χ1n) is 4.56. The number of hydrogen-bond donors (Lipinski definition) is 0. The Morgan fingerprint density at radius 1 is 1.00 bits per heavy atom. The molecule has 0 aliphatic heterocycles. The van der Waals surface area contributed by atoms with Gasteiger partial charge in [-0.1, -0.05) is 42.1 Å². The predicted octanol–water partition coefficient (Wildman–Crippen LogP) is 3.95. The van der Waals surface area contributed by atoms with Crippen LogP contribution in [0.5, 0.6) is 0 Å². The summed E-state index contributed by atoms with van der Waals surface area (Å²) in [6.45, 7) is 2.14. The summed E-state index contributed by atoms with van der Waals surface area (Å²) in [5.74, 6) is 0. The van der Waals surface area contributed by atoms with E-state index in [0.717, 1.165) is 0 Å². The molecule has 0 atom stereocenters. The predicted molar refractivity (Wildman–Crippen MR) is 60.6 cm³/mol. The van der Waals surface area contributed by atoms with Crippen LogP contribution in [0.3, 0.4) is 0 Å². The Kier molecular flexibility index (Phi) is 2.90. The highest BCUT2D eigenvalue weighted by Crippen LogP contribution is 2.29. The summed E-state index contributed by atoms with van der Waals surface area (Å²) in [4.78, 5) is 2.58. The molecule has 69 valence electrons. The molecule has 0 nitrogen and oxygen atoms in total. The summed E-state index contributed by atoms with van der Waals surface area (Å²) in [6.07, 6.45) is 0. The monoisotopic (exact) mass is 199 g/mol. The van der Waals surface area contributed by atoms with Crippen molar-refractivity contribution in [1.82, 2.24) is 0 Å². The number of aryl methyl sites for hydroxylation is 1. The molecule has 2 aromatic rings. The fourth-order valence-corrected chi connectivity index (χ4v) is 2.14. The van der Waals surface area contributed by atoms with Crippen LogP contribution in [-0.2, 0) is 0 Å². The van der Waals surface area contributed by atoms with Gasteiger partial charge in [0.15, 0.2) is 0 Å². The molecule has 0 fully saturated rings. The minimum atomic E-state index is 1.26. The SMILES string of the molecule is Cc1ccccc1Sc1cc[c]cc1. The second kappa shape index (κ2) is 4.34. The molecule has 0 saturated heterocycles. The fourth-order valence-electron chi connectivity index (χ4n) is 1.24. The molecule has 2 rings (SSSR count). The van der Waals surface area contributed by atoms with Crippen LogP contribution in [0, 0.1) is 13.0 Å². The lowest BCUT2D eigenvalue weighted by Gasteiger charge is -2.03. The third-order valence-electron chi connectivity index (χ3n) is 2.01. The Labute approximate surface area is 89.0 Å². The largest absolute Gasteiger partial charge is 0.0898 e. The summed E-state index contributed by atoms with van der Waals surface area (Å²) in [5.41, 5.74) is 1.32. The van der Waals surface area contributed by atoms with E-state index in [4.69, 9.17) is 0 Å². The lowest BCUT2D eigenvalue weighted by molar-refractivity contribution is 1.29. The molecule has 0 N–H and O–H groups in total. The van der Waals surface area contributed by atoms with Gasteiger partial charge in [0.2, 0.25) is 0 Å². The van der Waals surface area contributed by atoms with E-state index in [-0.39, 0.29) is 0 Å². The van der Waals surface area contributed by atoms with E-state index in [1.54, 1.807) is 11.8 Å². The van der Waals surface area contributed by atoms with Crippen LogP contribution in [0.4, 0.5) is 0 Å². The van der Waals surface area contributed by atoms with Gasteiger partial charge in [-0.25, -0.2) is 0 Å². The van der Waals surface area contributed by atoms with Crippen molar-refractivity contribution in [2.75, 3.05) is 0 Å². The molecule has 0 unspecified atom stereocenters. The van der Waals surface area contributed by atoms with Crippen LogP contribution >= 0.6 is 11.8 Å². The van der Waals surface area contributed by atoms with E-state index in [2.05, 4.69) is 49.4 Å². The number of rotatable bonds is 2. The minimum absolute atomic E-state index is 1.26. The molecular formula is C13H11S. The van der Waals surface area contributed by atoms with Crippen molar-refractivity contribution < 1.29 is 0 Å². The zero-order valence-corrected chi connectivity index (χ0v) is 8.84. The van der Waals surface area contributed by atoms with Gasteiger partial charge in [0.05, 0.1) is 0 Å². The summed E-state index contributed by atoms with van der Waals surface area (Å²) < 4.78 is 0. The Bertz CT molecular complexity index is 407. The maximum absolute atomic E-state index is 3.02. The molecule has 0 aliphatic rings. The summed E-state index contributed by atoms with van der Waals surface area (Å²) in [7, 11) is 0. The Hall–Kier alpha value is -1.21. The zero-order valence-electron chi connectivity index (χ0n) is 8.03. The summed E-state index contributed by atoms with van der Waals surface area (Å²) >= 11 is 1.79. The Morgan fingerprint density at radius 2 is 1.71 bits per heavy atom. The third-order valence-corrected chi connectivity index (χ3v) is 3.19. The van der Waals surface area contributed by atoms with Crippen LogP contribution in [0.1, 0.15) is 5.56 Å². The highest BCUT2D eigenvalue weighted by molar-refractivity contribution is 7.99. The summed E-state index contributed by atoms with van der Waals surface area (Å²) in [5, 5.41) is 0. The number of benzene rings is 2. The summed E-state index contributed by atoms with van der Waals surface area (Å²) in [6, 6.07) is 19.5. The van der Waals surface area contributed by atoms with Gasteiger partial charge in [0.1, 0.15) is 0 Å². The Morgan fingerprint density at radius 3 is 2.43 bits per heavy atom. The minimum Gasteiger partial charge on any atom is -0.0898 e. The maximum atomic E-state index is 3.02. The van der Waals surface area contributed by atoms with Gasteiger partial charge in [0.25, 0.3) is 0 Å². The van der Waals surface area contributed by atoms with E-state index in [0.29, 0.717) is 0 Å². The molecule has 0 aromatic heterocycles. The quantitative estimate of drug-likeness (QED) is 0.705. The number of hydrogen-bond acceptors (Lipinski definition) is 1. The van der Waals surface area contributed by atoms with Crippen LogP contribution < -0.4 is 0 Å². The average molecular weight is 199 g/mol. The first kappa shape index (κ1) is 9.35. The molecule has 0 saturated carbocycles. The van der Waals surface area contributed by atoms with Gasteiger partial charge in [0, 0.05) is 9.79 Å². The standard InChI is InChI=1S/C13H11S/c1-11-7-5-6-10-13(11)14-12-8-3-2-4-9-12/h3-10H,1H3. The van der Waals surface area contributed by atoms with Crippen molar-refractivity contribution in [2.45, 2.75) is 16.7 Å². The Balaban J connectivity index is 2.24. The van der Waals surface area contributed by atoms with E-state index in [9.17, 15) is 0 Å². The van der Waals surface area contributed by atoms with Gasteiger partial charge >= 0.3 is 0 Å². The van der Waals surface area contributed by atoms with Crippen LogP contribution in [0.25, 0.3) is 0 Å². The lowest BCUT2D eigenvalue weighted by Crippen LogP contribution is -1.77. The molecule has 0 aliphatic carbocycles. The lowest BCUT2D eigenvalue weighted by atomic mass is 10.2. The molecule has 1 heteroatoms. The third kappa shape index (κ3) is 2.18. The smallest absolute Gasteiger partial charge is 0.0151 e. The van der Waals surface area contributed by atoms with Crippen molar-refractivity contribution in [3.8, 4) is 0 Å². The van der Waals surface area contributed by atoms with Crippen LogP contribution in [0.15, 0.2) is 58.3 Å². The van der Waals surface area contributed by atoms with Crippen LogP contribution in [-0.4, -0.2) is 0 Å². The van der Waals surface area contributed by atoms with Crippen molar-refractivity contribution >= 4 is 11.8 Å². The van der Waals surface area contributed by atoms with Gasteiger partial charge in [-0.05, 0) is 36.8 Å². The second-order valence-electron chi connectivity index (χ2n) is 3.10. The van der Waals surface area contributed by atoms with E-state index in [1.165, 1.54) is 15.4 Å². The van der Waals surface area contributed by atoms with E-state index in [1.807, 2.05) is 12.1 Å². The first-order valence-corrected chi connectivity index (χ1v) is 5.37. The van der Waals surface area contributed by atoms with Crippen molar-refractivity contribution in [3.05, 3.63) is 60.2 Å². The van der Waals surface area contributed by atoms with Crippen LogP contribution in [0.2, 0.25) is 0 Å². The molecule has 14 heavy (non-hydrogen) atoms. The molecule has 0 amide bonds. The van der Waals surface area contributed by atoms with E-state index < -0.39 is 0 Å². The molecular weight excluding hydrogens is 188 g/mol. The van der Waals surface area contributed by atoms with Crippen molar-refractivity contribution in [1.29, 1.82) is 0 Å². The van der Waals surface area contributed by atoms with Crippen molar-refractivity contribution in [3.63, 3.8) is 0 Å². The molecule has 0 spiro atoms. The van der Waals surface area contributed by atoms with Gasteiger partial charge < -0.3 is 0 Å². The second-order valence-corrected chi connectivity index (χ2v) is 4.22. The zero-order chi connectivity index (χ0) is 9.80. The van der Waals surface area contributed by atoms with Crippen molar-refractivity contribution in [2.24, 2.45) is 0 Å². The highest BCUT2D eigenvalue weighted by atomic mass is 32.2. The van der Waals surface area contributed by atoms with Gasteiger partial charge in [-0.15, -0.1) is 0 Å². The normalized spacial score (nSPS) is 10.1. The molecule has 2 aromatic carbocycles.